The molecule has 1 fully saturated rings. The SMILES string of the molecule is Cc1c(C(=O)N(CC(=O)O)C2CC2)cnn1C. The molecular weight excluding hydrogens is 222 g/mol. The Hall–Kier alpha value is -1.85. The van der Waals surface area contributed by atoms with E-state index in [2.05, 4.69) is 5.10 Å². The molecule has 1 N–H and O–H groups in total. The van der Waals surface area contributed by atoms with Gasteiger partial charge in [0.25, 0.3) is 5.91 Å². The van der Waals surface area contributed by atoms with E-state index in [1.165, 1.54) is 11.1 Å². The van der Waals surface area contributed by atoms with Gasteiger partial charge in [-0.2, -0.15) is 5.10 Å². The molecule has 1 aromatic heterocycles. The molecular formula is C11H15N3O3. The Kier molecular flexibility index (Phi) is 2.87. The van der Waals surface area contributed by atoms with Crippen LogP contribution >= 0.6 is 0 Å². The number of aliphatic carboxylic acids is 1. The molecule has 2 rings (SSSR count). The van der Waals surface area contributed by atoms with Gasteiger partial charge in [-0.25, -0.2) is 0 Å². The maximum absolute atomic E-state index is 12.2. The molecule has 0 radical (unpaired) electrons. The molecule has 0 aromatic carbocycles. The normalized spacial score (nSPS) is 14.7. The van der Waals surface area contributed by atoms with Crippen LogP contribution in [0.3, 0.4) is 0 Å². The average Bonchev–Trinajstić information content (AvgIpc) is 3.04. The number of aromatic nitrogens is 2. The first kappa shape index (κ1) is 11.6. The van der Waals surface area contributed by atoms with Crippen molar-refractivity contribution < 1.29 is 14.7 Å². The van der Waals surface area contributed by atoms with Crippen molar-refractivity contribution in [3.63, 3.8) is 0 Å². The van der Waals surface area contributed by atoms with Gasteiger partial charge < -0.3 is 10.0 Å². The predicted molar refractivity (Wildman–Crippen MR) is 59.6 cm³/mol. The monoisotopic (exact) mass is 237 g/mol. The molecule has 0 bridgehead atoms. The van der Waals surface area contributed by atoms with Gasteiger partial charge in [-0.1, -0.05) is 0 Å². The lowest BCUT2D eigenvalue weighted by molar-refractivity contribution is -0.137. The molecule has 1 heterocycles. The second-order valence-electron chi connectivity index (χ2n) is 4.33. The zero-order chi connectivity index (χ0) is 12.6. The molecule has 1 aromatic rings. The van der Waals surface area contributed by atoms with Crippen molar-refractivity contribution in [3.8, 4) is 0 Å². The van der Waals surface area contributed by atoms with Gasteiger partial charge >= 0.3 is 5.97 Å². The Balaban J connectivity index is 2.21. The molecule has 0 atom stereocenters. The number of rotatable bonds is 4. The van der Waals surface area contributed by atoms with Crippen molar-refractivity contribution >= 4 is 11.9 Å². The molecule has 0 saturated heterocycles. The van der Waals surface area contributed by atoms with E-state index in [0.29, 0.717) is 5.56 Å². The van der Waals surface area contributed by atoms with Crippen LogP contribution < -0.4 is 0 Å². The Bertz CT molecular complexity index is 463. The number of carbonyl (C=O) groups excluding carboxylic acids is 1. The average molecular weight is 237 g/mol. The third-order valence-electron chi connectivity index (χ3n) is 3.02. The number of carboxylic acid groups (broad SMARTS) is 1. The predicted octanol–water partition coefficient (Wildman–Crippen LogP) is 0.418. The van der Waals surface area contributed by atoms with Gasteiger partial charge in [0.15, 0.2) is 0 Å². The maximum atomic E-state index is 12.2. The standard InChI is InChI=1S/C11H15N3O3/c1-7-9(5-12-13(7)2)11(17)14(6-10(15)16)8-3-4-8/h5,8H,3-4,6H2,1-2H3,(H,15,16). The molecule has 6 heteroatoms. The van der Waals surface area contributed by atoms with Crippen molar-refractivity contribution in [1.29, 1.82) is 0 Å². The van der Waals surface area contributed by atoms with Crippen LogP contribution in [-0.2, 0) is 11.8 Å². The van der Waals surface area contributed by atoms with Crippen LogP contribution in [0, 0.1) is 6.92 Å². The first-order valence-electron chi connectivity index (χ1n) is 5.52. The molecule has 17 heavy (non-hydrogen) atoms. The van der Waals surface area contributed by atoms with Crippen LogP contribution in [0.1, 0.15) is 28.9 Å². The van der Waals surface area contributed by atoms with Crippen LogP contribution in [-0.4, -0.2) is 44.3 Å². The molecule has 0 spiro atoms. The van der Waals surface area contributed by atoms with Gasteiger partial charge in [-0.05, 0) is 19.8 Å². The first-order valence-corrected chi connectivity index (χ1v) is 5.52. The van der Waals surface area contributed by atoms with E-state index in [4.69, 9.17) is 5.11 Å². The van der Waals surface area contributed by atoms with Crippen molar-refractivity contribution in [3.05, 3.63) is 17.5 Å². The number of carboxylic acids is 1. The summed E-state index contributed by atoms with van der Waals surface area (Å²) in [5.41, 5.74) is 1.24. The van der Waals surface area contributed by atoms with Gasteiger partial charge in [-0.3, -0.25) is 14.3 Å². The molecule has 6 nitrogen and oxygen atoms in total. The second-order valence-corrected chi connectivity index (χ2v) is 4.33. The van der Waals surface area contributed by atoms with Crippen LogP contribution in [0.25, 0.3) is 0 Å². The zero-order valence-electron chi connectivity index (χ0n) is 9.88. The smallest absolute Gasteiger partial charge is 0.323 e. The number of amides is 1. The molecule has 1 aliphatic carbocycles. The van der Waals surface area contributed by atoms with Crippen molar-refractivity contribution in [2.24, 2.45) is 7.05 Å². The fourth-order valence-electron chi connectivity index (χ4n) is 1.76. The summed E-state index contributed by atoms with van der Waals surface area (Å²) in [6, 6.07) is 0.0817. The lowest BCUT2D eigenvalue weighted by Gasteiger charge is -2.19. The van der Waals surface area contributed by atoms with E-state index < -0.39 is 5.97 Å². The van der Waals surface area contributed by atoms with Crippen molar-refractivity contribution in [2.75, 3.05) is 6.54 Å². The highest BCUT2D eigenvalue weighted by molar-refractivity contribution is 5.97. The summed E-state index contributed by atoms with van der Waals surface area (Å²) in [6.45, 7) is 1.56. The molecule has 1 amide bonds. The number of hydrogen-bond acceptors (Lipinski definition) is 3. The van der Waals surface area contributed by atoms with E-state index in [0.717, 1.165) is 18.5 Å². The summed E-state index contributed by atoms with van der Waals surface area (Å²) >= 11 is 0. The van der Waals surface area contributed by atoms with Gasteiger partial charge in [0.2, 0.25) is 0 Å². The molecule has 1 aliphatic rings. The third kappa shape index (κ3) is 2.30. The van der Waals surface area contributed by atoms with Gasteiger partial charge in [0, 0.05) is 18.8 Å². The van der Waals surface area contributed by atoms with Crippen LogP contribution in [0.15, 0.2) is 6.20 Å². The molecule has 0 unspecified atom stereocenters. The Morgan fingerprint density at radius 1 is 1.59 bits per heavy atom. The summed E-state index contributed by atoms with van der Waals surface area (Å²) in [7, 11) is 1.75. The summed E-state index contributed by atoms with van der Waals surface area (Å²) in [5.74, 6) is -1.22. The quantitative estimate of drug-likeness (QED) is 0.823. The van der Waals surface area contributed by atoms with Gasteiger partial charge in [-0.15, -0.1) is 0 Å². The molecule has 92 valence electrons. The van der Waals surface area contributed by atoms with Crippen molar-refractivity contribution in [1.82, 2.24) is 14.7 Å². The molecule has 0 aliphatic heterocycles. The fourth-order valence-corrected chi connectivity index (χ4v) is 1.76. The summed E-state index contributed by atoms with van der Waals surface area (Å²) < 4.78 is 1.61. The Morgan fingerprint density at radius 2 is 2.24 bits per heavy atom. The Labute approximate surface area is 98.8 Å². The fraction of sp³-hybridized carbons (Fsp3) is 0.545. The highest BCUT2D eigenvalue weighted by atomic mass is 16.4. The van der Waals surface area contributed by atoms with Crippen LogP contribution in [0.5, 0.6) is 0 Å². The van der Waals surface area contributed by atoms with Gasteiger partial charge in [0.05, 0.1) is 11.8 Å². The lowest BCUT2D eigenvalue weighted by atomic mass is 10.2. The minimum absolute atomic E-state index is 0.0817. The van der Waals surface area contributed by atoms with E-state index >= 15 is 0 Å². The number of hydrogen-bond donors (Lipinski definition) is 1. The number of nitrogens with zero attached hydrogens (tertiary/aromatic N) is 3. The second kappa shape index (κ2) is 4.20. The van der Waals surface area contributed by atoms with Gasteiger partial charge in [0.1, 0.15) is 6.54 Å². The highest BCUT2D eigenvalue weighted by Crippen LogP contribution is 2.28. The van der Waals surface area contributed by atoms with E-state index in [-0.39, 0.29) is 18.5 Å². The van der Waals surface area contributed by atoms with E-state index in [1.54, 1.807) is 18.7 Å². The number of carbonyl (C=O) groups is 2. The first-order chi connectivity index (χ1) is 8.00. The number of aryl methyl sites for hydroxylation is 1. The highest BCUT2D eigenvalue weighted by Gasteiger charge is 2.35. The van der Waals surface area contributed by atoms with E-state index in [1.807, 2.05) is 0 Å². The summed E-state index contributed by atoms with van der Waals surface area (Å²) in [6.07, 6.45) is 3.27. The Morgan fingerprint density at radius 3 is 2.65 bits per heavy atom. The van der Waals surface area contributed by atoms with Crippen molar-refractivity contribution in [2.45, 2.75) is 25.8 Å². The third-order valence-corrected chi connectivity index (χ3v) is 3.02. The summed E-state index contributed by atoms with van der Waals surface area (Å²) in [5, 5.41) is 12.8. The maximum Gasteiger partial charge on any atom is 0.323 e. The minimum Gasteiger partial charge on any atom is -0.480 e. The minimum atomic E-state index is -0.980. The van der Waals surface area contributed by atoms with Crippen LogP contribution in [0.4, 0.5) is 0 Å². The molecule has 1 saturated carbocycles. The summed E-state index contributed by atoms with van der Waals surface area (Å²) in [4.78, 5) is 24.4. The van der Waals surface area contributed by atoms with Crippen LogP contribution in [0.2, 0.25) is 0 Å². The lowest BCUT2D eigenvalue weighted by Crippen LogP contribution is -2.37. The zero-order valence-corrected chi connectivity index (χ0v) is 9.88. The van der Waals surface area contributed by atoms with E-state index in [9.17, 15) is 9.59 Å². The largest absolute Gasteiger partial charge is 0.480 e. The topological polar surface area (TPSA) is 75.4 Å².